The van der Waals surface area contributed by atoms with Crippen molar-refractivity contribution < 1.29 is 9.18 Å². The average molecular weight is 342 g/mol. The molecule has 25 heavy (non-hydrogen) atoms. The van der Waals surface area contributed by atoms with E-state index < -0.39 is 0 Å². The Balaban J connectivity index is 1.61. The summed E-state index contributed by atoms with van der Waals surface area (Å²) in [7, 11) is 0. The van der Waals surface area contributed by atoms with Crippen molar-refractivity contribution in [2.24, 2.45) is 0 Å². The number of aryl methyl sites for hydroxylation is 1. The molecule has 1 amide bonds. The van der Waals surface area contributed by atoms with Gasteiger partial charge in [-0.15, -0.1) is 0 Å². The van der Waals surface area contributed by atoms with Crippen LogP contribution in [0.3, 0.4) is 0 Å². The zero-order valence-corrected chi connectivity index (χ0v) is 14.6. The van der Waals surface area contributed by atoms with E-state index in [9.17, 15) is 9.18 Å². The van der Waals surface area contributed by atoms with Gasteiger partial charge in [-0.05, 0) is 25.0 Å². The molecule has 0 fully saturated rings. The van der Waals surface area contributed by atoms with Crippen LogP contribution in [-0.2, 0) is 30.7 Å². The van der Waals surface area contributed by atoms with Gasteiger partial charge in [-0.3, -0.25) is 9.69 Å². The number of amides is 1. The van der Waals surface area contributed by atoms with Gasteiger partial charge in [-0.25, -0.2) is 14.4 Å². The third-order valence-electron chi connectivity index (χ3n) is 4.68. The first-order valence-electron chi connectivity index (χ1n) is 8.67. The predicted molar refractivity (Wildman–Crippen MR) is 93.2 cm³/mol. The van der Waals surface area contributed by atoms with Gasteiger partial charge >= 0.3 is 0 Å². The van der Waals surface area contributed by atoms with E-state index in [0.717, 1.165) is 36.5 Å². The molecule has 1 N–H and O–H groups in total. The highest BCUT2D eigenvalue weighted by Crippen LogP contribution is 2.18. The molecule has 0 saturated carbocycles. The van der Waals surface area contributed by atoms with Crippen molar-refractivity contribution in [2.75, 3.05) is 6.54 Å². The Hall–Kier alpha value is -2.34. The molecule has 3 rings (SSSR count). The number of carbonyl (C=O) groups is 1. The Morgan fingerprint density at radius 2 is 2.20 bits per heavy atom. The van der Waals surface area contributed by atoms with Gasteiger partial charge in [-0.1, -0.05) is 25.1 Å². The Labute approximate surface area is 147 Å². The van der Waals surface area contributed by atoms with E-state index in [-0.39, 0.29) is 24.3 Å². The SMILES string of the molecule is CCc1ncc2c(n1)CN(C(C)C(=O)NCc1ccccc1F)CC2. The molecule has 5 nitrogen and oxygen atoms in total. The molecule has 1 unspecified atom stereocenters. The number of halogens is 1. The van der Waals surface area contributed by atoms with Crippen LogP contribution in [0.2, 0.25) is 0 Å². The van der Waals surface area contributed by atoms with Crippen LogP contribution in [-0.4, -0.2) is 33.4 Å². The largest absolute Gasteiger partial charge is 0.351 e. The fourth-order valence-corrected chi connectivity index (χ4v) is 3.00. The lowest BCUT2D eigenvalue weighted by atomic mass is 10.0. The molecule has 132 valence electrons. The van der Waals surface area contributed by atoms with Crippen LogP contribution in [0.15, 0.2) is 30.5 Å². The van der Waals surface area contributed by atoms with Crippen molar-refractivity contribution in [3.05, 3.63) is 58.9 Å². The van der Waals surface area contributed by atoms with Crippen LogP contribution in [0.4, 0.5) is 4.39 Å². The normalized spacial score (nSPS) is 15.5. The predicted octanol–water partition coefficient (Wildman–Crippen LogP) is 2.24. The quantitative estimate of drug-likeness (QED) is 0.905. The summed E-state index contributed by atoms with van der Waals surface area (Å²) in [4.78, 5) is 23.5. The molecule has 2 heterocycles. The van der Waals surface area contributed by atoms with Crippen molar-refractivity contribution in [3.8, 4) is 0 Å². The summed E-state index contributed by atoms with van der Waals surface area (Å²) in [6.07, 6.45) is 3.54. The minimum atomic E-state index is -0.300. The van der Waals surface area contributed by atoms with Gasteiger partial charge in [-0.2, -0.15) is 0 Å². The zero-order valence-electron chi connectivity index (χ0n) is 14.6. The smallest absolute Gasteiger partial charge is 0.237 e. The maximum atomic E-state index is 13.7. The summed E-state index contributed by atoms with van der Waals surface area (Å²) in [5.74, 6) is 0.430. The Morgan fingerprint density at radius 1 is 1.40 bits per heavy atom. The Kier molecular flexibility index (Phi) is 5.38. The van der Waals surface area contributed by atoms with E-state index in [0.29, 0.717) is 12.1 Å². The minimum absolute atomic E-state index is 0.100. The van der Waals surface area contributed by atoms with Crippen molar-refractivity contribution in [2.45, 2.75) is 45.8 Å². The maximum absolute atomic E-state index is 13.7. The molecule has 0 radical (unpaired) electrons. The third kappa shape index (κ3) is 4.02. The lowest BCUT2D eigenvalue weighted by Gasteiger charge is -2.32. The highest BCUT2D eigenvalue weighted by molar-refractivity contribution is 5.81. The number of aromatic nitrogens is 2. The van der Waals surface area contributed by atoms with Crippen molar-refractivity contribution >= 4 is 5.91 Å². The van der Waals surface area contributed by atoms with Gasteiger partial charge in [0.1, 0.15) is 11.6 Å². The second-order valence-corrected chi connectivity index (χ2v) is 6.32. The van der Waals surface area contributed by atoms with Crippen LogP contribution in [0.5, 0.6) is 0 Å². The first-order valence-corrected chi connectivity index (χ1v) is 8.67. The Morgan fingerprint density at radius 3 is 2.96 bits per heavy atom. The second-order valence-electron chi connectivity index (χ2n) is 6.32. The summed E-state index contributed by atoms with van der Waals surface area (Å²) in [6, 6.07) is 6.19. The first kappa shape index (κ1) is 17.5. The number of nitrogens with one attached hydrogen (secondary N) is 1. The molecule has 1 aromatic carbocycles. The lowest BCUT2D eigenvalue weighted by molar-refractivity contribution is -0.126. The third-order valence-corrected chi connectivity index (χ3v) is 4.68. The standard InChI is InChI=1S/C19H23FN4O/c1-3-18-21-11-15-8-9-24(12-17(15)23-18)13(2)19(25)22-10-14-6-4-5-7-16(14)20/h4-7,11,13H,3,8-10,12H2,1-2H3,(H,22,25). The number of nitrogens with zero attached hydrogens (tertiary/aromatic N) is 3. The fraction of sp³-hybridized carbons (Fsp3) is 0.421. The van der Waals surface area contributed by atoms with Gasteiger partial charge < -0.3 is 5.32 Å². The van der Waals surface area contributed by atoms with E-state index in [4.69, 9.17) is 0 Å². The van der Waals surface area contributed by atoms with E-state index in [1.807, 2.05) is 20.0 Å². The number of benzene rings is 1. The molecule has 2 aromatic rings. The lowest BCUT2D eigenvalue weighted by Crippen LogP contribution is -2.47. The second kappa shape index (κ2) is 7.70. The van der Waals surface area contributed by atoms with Gasteiger partial charge in [0.25, 0.3) is 0 Å². The van der Waals surface area contributed by atoms with Crippen molar-refractivity contribution in [1.82, 2.24) is 20.2 Å². The summed E-state index contributed by atoms with van der Waals surface area (Å²) < 4.78 is 13.7. The van der Waals surface area contributed by atoms with E-state index in [1.165, 1.54) is 6.07 Å². The fourth-order valence-electron chi connectivity index (χ4n) is 3.00. The molecule has 0 aliphatic carbocycles. The van der Waals surface area contributed by atoms with Crippen LogP contribution < -0.4 is 5.32 Å². The molecular weight excluding hydrogens is 319 g/mol. The number of carbonyl (C=O) groups excluding carboxylic acids is 1. The van der Waals surface area contributed by atoms with Crippen LogP contribution >= 0.6 is 0 Å². The number of rotatable bonds is 5. The number of fused-ring (bicyclic) bond motifs is 1. The van der Waals surface area contributed by atoms with Crippen LogP contribution in [0.25, 0.3) is 0 Å². The van der Waals surface area contributed by atoms with Crippen molar-refractivity contribution in [1.29, 1.82) is 0 Å². The van der Waals surface area contributed by atoms with Gasteiger partial charge in [0.15, 0.2) is 0 Å². The maximum Gasteiger partial charge on any atom is 0.237 e. The molecule has 0 spiro atoms. The van der Waals surface area contributed by atoms with Gasteiger partial charge in [0.2, 0.25) is 5.91 Å². The minimum Gasteiger partial charge on any atom is -0.351 e. The number of hydrogen-bond donors (Lipinski definition) is 1. The zero-order chi connectivity index (χ0) is 17.8. The molecule has 1 atom stereocenters. The molecular formula is C19H23FN4O. The van der Waals surface area contributed by atoms with Crippen LogP contribution in [0.1, 0.15) is 36.5 Å². The molecule has 6 heteroatoms. The van der Waals surface area contributed by atoms with Crippen molar-refractivity contribution in [3.63, 3.8) is 0 Å². The Bertz CT molecular complexity index is 765. The van der Waals surface area contributed by atoms with Gasteiger partial charge in [0.05, 0.1) is 11.7 Å². The number of hydrogen-bond acceptors (Lipinski definition) is 4. The highest BCUT2D eigenvalue weighted by Gasteiger charge is 2.26. The summed E-state index contributed by atoms with van der Waals surface area (Å²) >= 11 is 0. The molecule has 0 saturated heterocycles. The summed E-state index contributed by atoms with van der Waals surface area (Å²) in [5.41, 5.74) is 2.66. The first-order chi connectivity index (χ1) is 12.1. The monoisotopic (exact) mass is 342 g/mol. The average Bonchev–Trinajstić information content (AvgIpc) is 2.65. The van der Waals surface area contributed by atoms with Crippen LogP contribution in [0, 0.1) is 5.82 Å². The molecule has 1 aromatic heterocycles. The van der Waals surface area contributed by atoms with E-state index in [2.05, 4.69) is 20.2 Å². The topological polar surface area (TPSA) is 58.1 Å². The molecule has 1 aliphatic heterocycles. The van der Waals surface area contributed by atoms with E-state index >= 15 is 0 Å². The highest BCUT2D eigenvalue weighted by atomic mass is 19.1. The summed E-state index contributed by atoms with van der Waals surface area (Å²) in [6.45, 7) is 5.53. The van der Waals surface area contributed by atoms with Gasteiger partial charge in [0, 0.05) is 37.8 Å². The molecule has 1 aliphatic rings. The molecule has 0 bridgehead atoms. The van der Waals surface area contributed by atoms with E-state index in [1.54, 1.807) is 18.2 Å². The summed E-state index contributed by atoms with van der Waals surface area (Å²) in [5, 5.41) is 2.83.